The standard InChI is InChI=1S/C18H17Cl2N/c19-16-7-3-13(4-8-16)18(15-2-1-11-21-12-15)14-5-9-17(20)10-6-14/h3-10,21H,1-2,11-12H2. The van der Waals surface area contributed by atoms with Crippen molar-refractivity contribution in [1.82, 2.24) is 5.32 Å². The number of hydrogen-bond donors (Lipinski definition) is 1. The normalized spacial score (nSPS) is 15.0. The van der Waals surface area contributed by atoms with Gasteiger partial charge in [0.05, 0.1) is 0 Å². The molecule has 0 amide bonds. The van der Waals surface area contributed by atoms with Crippen molar-refractivity contribution in [1.29, 1.82) is 0 Å². The molecule has 1 saturated heterocycles. The monoisotopic (exact) mass is 317 g/mol. The van der Waals surface area contributed by atoms with Gasteiger partial charge in [-0.25, -0.2) is 0 Å². The molecule has 1 heterocycles. The van der Waals surface area contributed by atoms with Crippen LogP contribution in [-0.2, 0) is 0 Å². The van der Waals surface area contributed by atoms with E-state index in [1.807, 2.05) is 24.3 Å². The predicted molar refractivity (Wildman–Crippen MR) is 91.0 cm³/mol. The molecule has 3 rings (SSSR count). The summed E-state index contributed by atoms with van der Waals surface area (Å²) in [7, 11) is 0. The molecule has 0 atom stereocenters. The number of benzene rings is 2. The number of nitrogens with one attached hydrogen (secondary N) is 1. The number of piperidine rings is 1. The quantitative estimate of drug-likeness (QED) is 0.804. The van der Waals surface area contributed by atoms with Gasteiger partial charge >= 0.3 is 0 Å². The van der Waals surface area contributed by atoms with E-state index in [2.05, 4.69) is 29.6 Å². The molecule has 0 radical (unpaired) electrons. The van der Waals surface area contributed by atoms with E-state index in [-0.39, 0.29) is 0 Å². The molecule has 2 aromatic carbocycles. The molecule has 1 aliphatic heterocycles. The summed E-state index contributed by atoms with van der Waals surface area (Å²) >= 11 is 12.0. The molecule has 1 nitrogen and oxygen atoms in total. The van der Waals surface area contributed by atoms with Crippen LogP contribution in [0.25, 0.3) is 5.57 Å². The van der Waals surface area contributed by atoms with E-state index in [9.17, 15) is 0 Å². The van der Waals surface area contributed by atoms with Crippen LogP contribution in [0.15, 0.2) is 54.1 Å². The zero-order valence-corrected chi connectivity index (χ0v) is 13.2. The summed E-state index contributed by atoms with van der Waals surface area (Å²) in [5.41, 5.74) is 5.17. The van der Waals surface area contributed by atoms with Gasteiger partial charge in [-0.3, -0.25) is 0 Å². The molecule has 1 fully saturated rings. The number of rotatable bonds is 2. The van der Waals surface area contributed by atoms with E-state index in [0.29, 0.717) is 0 Å². The lowest BCUT2D eigenvalue weighted by atomic mass is 9.90. The van der Waals surface area contributed by atoms with Crippen LogP contribution in [0.5, 0.6) is 0 Å². The van der Waals surface area contributed by atoms with Crippen LogP contribution in [0.1, 0.15) is 24.0 Å². The second kappa shape index (κ2) is 6.65. The molecule has 2 aromatic rings. The fraction of sp³-hybridized carbons (Fsp3) is 0.222. The summed E-state index contributed by atoms with van der Waals surface area (Å²) < 4.78 is 0. The zero-order valence-electron chi connectivity index (χ0n) is 11.7. The third-order valence-corrected chi connectivity index (χ3v) is 4.29. The van der Waals surface area contributed by atoms with Gasteiger partial charge in [-0.05, 0) is 65.9 Å². The minimum Gasteiger partial charge on any atom is -0.313 e. The van der Waals surface area contributed by atoms with Crippen molar-refractivity contribution in [2.45, 2.75) is 12.8 Å². The molecule has 21 heavy (non-hydrogen) atoms. The highest BCUT2D eigenvalue weighted by Crippen LogP contribution is 2.31. The van der Waals surface area contributed by atoms with E-state index in [1.54, 1.807) is 0 Å². The van der Waals surface area contributed by atoms with Crippen molar-refractivity contribution in [3.05, 3.63) is 75.3 Å². The number of hydrogen-bond acceptors (Lipinski definition) is 1. The summed E-state index contributed by atoms with van der Waals surface area (Å²) in [5, 5.41) is 5.00. The molecule has 1 N–H and O–H groups in total. The Balaban J connectivity index is 2.10. The van der Waals surface area contributed by atoms with Crippen molar-refractivity contribution in [3.63, 3.8) is 0 Å². The fourth-order valence-electron chi connectivity index (χ4n) is 2.78. The largest absolute Gasteiger partial charge is 0.313 e. The van der Waals surface area contributed by atoms with Crippen molar-refractivity contribution >= 4 is 28.8 Å². The molecule has 0 aliphatic carbocycles. The Morgan fingerprint density at radius 3 is 1.76 bits per heavy atom. The average Bonchev–Trinajstić information content (AvgIpc) is 2.52. The van der Waals surface area contributed by atoms with Gasteiger partial charge in [-0.1, -0.05) is 47.5 Å². The van der Waals surface area contributed by atoms with Crippen LogP contribution in [0.4, 0.5) is 0 Å². The lowest BCUT2D eigenvalue weighted by Gasteiger charge is -2.21. The average molecular weight is 318 g/mol. The lowest BCUT2D eigenvalue weighted by Crippen LogP contribution is -2.24. The number of halogens is 2. The third kappa shape index (κ3) is 3.49. The SMILES string of the molecule is Clc1ccc(C(=C2CCCNC2)c2ccc(Cl)cc2)cc1. The molecule has 1 aliphatic rings. The Bertz CT molecular complexity index is 586. The molecule has 3 heteroatoms. The minimum atomic E-state index is 0.765. The summed E-state index contributed by atoms with van der Waals surface area (Å²) in [6.07, 6.45) is 2.31. The highest BCUT2D eigenvalue weighted by atomic mass is 35.5. The molecule has 0 saturated carbocycles. The summed E-state index contributed by atoms with van der Waals surface area (Å²) in [6.45, 7) is 2.04. The highest BCUT2D eigenvalue weighted by molar-refractivity contribution is 6.31. The smallest absolute Gasteiger partial charge is 0.0406 e. The van der Waals surface area contributed by atoms with Gasteiger partial charge in [0.25, 0.3) is 0 Å². The van der Waals surface area contributed by atoms with E-state index in [4.69, 9.17) is 23.2 Å². The first kappa shape index (κ1) is 14.6. The molecule has 0 unspecified atom stereocenters. The molecular formula is C18H17Cl2N. The van der Waals surface area contributed by atoms with Gasteiger partial charge < -0.3 is 5.32 Å². The maximum absolute atomic E-state index is 6.02. The summed E-state index contributed by atoms with van der Waals surface area (Å²) in [6, 6.07) is 16.2. The van der Waals surface area contributed by atoms with Crippen LogP contribution in [0, 0.1) is 0 Å². The van der Waals surface area contributed by atoms with Gasteiger partial charge in [0.15, 0.2) is 0 Å². The van der Waals surface area contributed by atoms with Gasteiger partial charge in [0.2, 0.25) is 0 Å². The van der Waals surface area contributed by atoms with Gasteiger partial charge in [0.1, 0.15) is 0 Å². The van der Waals surface area contributed by atoms with Crippen molar-refractivity contribution in [2.24, 2.45) is 0 Å². The Labute approximate surface area is 135 Å². The minimum absolute atomic E-state index is 0.765. The summed E-state index contributed by atoms with van der Waals surface area (Å²) in [5.74, 6) is 0. The first-order chi connectivity index (χ1) is 10.2. The Kier molecular flexibility index (Phi) is 4.64. The second-order valence-electron chi connectivity index (χ2n) is 5.27. The Morgan fingerprint density at radius 2 is 1.33 bits per heavy atom. The maximum atomic E-state index is 6.02. The van der Waals surface area contributed by atoms with Crippen molar-refractivity contribution in [3.8, 4) is 0 Å². The highest BCUT2D eigenvalue weighted by Gasteiger charge is 2.14. The van der Waals surface area contributed by atoms with Crippen LogP contribution >= 0.6 is 23.2 Å². The maximum Gasteiger partial charge on any atom is 0.0406 e. The van der Waals surface area contributed by atoms with E-state index in [0.717, 1.165) is 29.6 Å². The van der Waals surface area contributed by atoms with Crippen LogP contribution < -0.4 is 5.32 Å². The Morgan fingerprint density at radius 1 is 0.810 bits per heavy atom. The molecule has 0 aromatic heterocycles. The molecule has 0 spiro atoms. The van der Waals surface area contributed by atoms with Crippen LogP contribution in [0.2, 0.25) is 10.0 Å². The topological polar surface area (TPSA) is 12.0 Å². The van der Waals surface area contributed by atoms with Gasteiger partial charge in [-0.15, -0.1) is 0 Å². The predicted octanol–water partition coefficient (Wildman–Crippen LogP) is 5.18. The zero-order chi connectivity index (χ0) is 14.7. The van der Waals surface area contributed by atoms with Crippen molar-refractivity contribution in [2.75, 3.05) is 13.1 Å². The lowest BCUT2D eigenvalue weighted by molar-refractivity contribution is 0.611. The summed E-state index contributed by atoms with van der Waals surface area (Å²) in [4.78, 5) is 0. The first-order valence-electron chi connectivity index (χ1n) is 7.18. The molecule has 0 bridgehead atoms. The Hall–Kier alpha value is -1.28. The van der Waals surface area contributed by atoms with E-state index in [1.165, 1.54) is 28.7 Å². The van der Waals surface area contributed by atoms with E-state index < -0.39 is 0 Å². The van der Waals surface area contributed by atoms with Crippen LogP contribution in [0.3, 0.4) is 0 Å². The van der Waals surface area contributed by atoms with Gasteiger partial charge in [-0.2, -0.15) is 0 Å². The molecule has 108 valence electrons. The van der Waals surface area contributed by atoms with Crippen LogP contribution in [-0.4, -0.2) is 13.1 Å². The first-order valence-corrected chi connectivity index (χ1v) is 7.94. The third-order valence-electron chi connectivity index (χ3n) is 3.79. The fourth-order valence-corrected chi connectivity index (χ4v) is 3.03. The van der Waals surface area contributed by atoms with Crippen molar-refractivity contribution < 1.29 is 0 Å². The van der Waals surface area contributed by atoms with E-state index >= 15 is 0 Å². The van der Waals surface area contributed by atoms with Gasteiger partial charge in [0, 0.05) is 16.6 Å². The molecular weight excluding hydrogens is 301 g/mol. The second-order valence-corrected chi connectivity index (χ2v) is 6.15.